The average molecular weight is 527 g/mol. The van der Waals surface area contributed by atoms with Crippen molar-refractivity contribution in [3.63, 3.8) is 0 Å². The molecule has 0 aliphatic heterocycles. The normalized spacial score (nSPS) is 10.6. The van der Waals surface area contributed by atoms with Crippen molar-refractivity contribution in [2.75, 3.05) is 19.0 Å². The molecule has 2 N–H and O–H groups in total. The van der Waals surface area contributed by atoms with Gasteiger partial charge in [-0.25, -0.2) is 9.78 Å². The zero-order valence-corrected chi connectivity index (χ0v) is 18.7. The Bertz CT molecular complexity index is 1230. The van der Waals surface area contributed by atoms with Gasteiger partial charge in [0.1, 0.15) is 11.6 Å². The van der Waals surface area contributed by atoms with E-state index in [1.807, 2.05) is 36.4 Å². The molecule has 0 unspecified atom stereocenters. The van der Waals surface area contributed by atoms with Crippen LogP contribution in [0.25, 0.3) is 22.4 Å². The second kappa shape index (κ2) is 9.17. The minimum atomic E-state index is -0.583. The molecule has 0 atom stereocenters. The van der Waals surface area contributed by atoms with Gasteiger partial charge in [0.25, 0.3) is 5.91 Å². The lowest BCUT2D eigenvalue weighted by Gasteiger charge is -2.07. The third-order valence-corrected chi connectivity index (χ3v) is 5.26. The number of fused-ring (bicyclic) bond motifs is 1. The number of ether oxygens (including phenoxy) is 2. The number of carbonyl (C=O) groups is 2. The monoisotopic (exact) mass is 527 g/mol. The van der Waals surface area contributed by atoms with Gasteiger partial charge in [0, 0.05) is 14.8 Å². The van der Waals surface area contributed by atoms with Crippen molar-refractivity contribution < 1.29 is 19.1 Å². The molecule has 8 heteroatoms. The molecule has 0 saturated carbocycles. The summed E-state index contributed by atoms with van der Waals surface area (Å²) in [6, 6.07) is 19.9. The van der Waals surface area contributed by atoms with E-state index in [1.54, 1.807) is 37.4 Å². The number of rotatable bonds is 6. The Labute approximate surface area is 191 Å². The number of amides is 1. The summed E-state index contributed by atoms with van der Waals surface area (Å²) in [7, 11) is 1.61. The molecular weight excluding hydrogens is 509 g/mol. The molecule has 3 aromatic carbocycles. The number of nitrogens with one attached hydrogen (secondary N) is 2. The van der Waals surface area contributed by atoms with Crippen LogP contribution in [0.3, 0.4) is 0 Å². The number of methoxy groups -OCH3 is 1. The van der Waals surface area contributed by atoms with Crippen LogP contribution in [0.5, 0.6) is 5.75 Å². The molecule has 0 saturated heterocycles. The first-order chi connectivity index (χ1) is 15.0. The number of esters is 1. The molecule has 0 aliphatic carbocycles. The minimum absolute atomic E-state index is 0.333. The fourth-order valence-electron chi connectivity index (χ4n) is 2.97. The van der Waals surface area contributed by atoms with Crippen molar-refractivity contribution in [3.05, 3.63) is 75.9 Å². The fraction of sp³-hybridized carbons (Fsp3) is 0.0870. The summed E-state index contributed by atoms with van der Waals surface area (Å²) in [6.45, 7) is -0.372. The van der Waals surface area contributed by atoms with Crippen LogP contribution < -0.4 is 10.1 Å². The number of aromatic amines is 1. The third-order valence-electron chi connectivity index (χ3n) is 4.54. The Kier molecular flexibility index (Phi) is 6.17. The van der Waals surface area contributed by atoms with Crippen LogP contribution in [-0.2, 0) is 9.53 Å². The Morgan fingerprint density at radius 3 is 2.48 bits per heavy atom. The zero-order chi connectivity index (χ0) is 21.8. The van der Waals surface area contributed by atoms with Crippen molar-refractivity contribution in [3.8, 4) is 17.1 Å². The van der Waals surface area contributed by atoms with E-state index >= 15 is 0 Å². The maximum absolute atomic E-state index is 12.4. The van der Waals surface area contributed by atoms with Gasteiger partial charge < -0.3 is 19.8 Å². The van der Waals surface area contributed by atoms with E-state index in [9.17, 15) is 9.59 Å². The maximum atomic E-state index is 12.4. The first-order valence-electron chi connectivity index (χ1n) is 9.38. The average Bonchev–Trinajstić information content (AvgIpc) is 3.22. The standard InChI is InChI=1S/C23H18IN3O4/c1-30-18-9-2-14(3-10-18)22-26-19-11-4-15(12-20(19)27-22)23(29)31-13-21(28)25-17-7-5-16(24)6-8-17/h2-12H,13H2,1H3,(H,25,28)(H,26,27). The molecule has 0 aliphatic rings. The Morgan fingerprint density at radius 1 is 1.03 bits per heavy atom. The van der Waals surface area contributed by atoms with Crippen LogP contribution >= 0.6 is 22.6 Å². The highest BCUT2D eigenvalue weighted by Gasteiger charge is 2.13. The van der Waals surface area contributed by atoms with Crippen LogP contribution in [0.4, 0.5) is 5.69 Å². The summed E-state index contributed by atoms with van der Waals surface area (Å²) >= 11 is 2.18. The van der Waals surface area contributed by atoms with E-state index in [-0.39, 0.29) is 6.61 Å². The van der Waals surface area contributed by atoms with Crippen LogP contribution in [0.1, 0.15) is 10.4 Å². The van der Waals surface area contributed by atoms with Crippen molar-refractivity contribution >= 4 is 51.2 Å². The molecule has 0 bridgehead atoms. The second-order valence-electron chi connectivity index (χ2n) is 6.68. The van der Waals surface area contributed by atoms with Crippen molar-refractivity contribution in [1.29, 1.82) is 0 Å². The summed E-state index contributed by atoms with van der Waals surface area (Å²) in [5.41, 5.74) is 3.29. The summed E-state index contributed by atoms with van der Waals surface area (Å²) in [4.78, 5) is 32.2. The predicted molar refractivity (Wildman–Crippen MR) is 126 cm³/mol. The van der Waals surface area contributed by atoms with E-state index in [2.05, 4.69) is 37.9 Å². The highest BCUT2D eigenvalue weighted by Crippen LogP contribution is 2.23. The van der Waals surface area contributed by atoms with Gasteiger partial charge in [0.2, 0.25) is 0 Å². The lowest BCUT2D eigenvalue weighted by Crippen LogP contribution is -2.20. The summed E-state index contributed by atoms with van der Waals surface area (Å²) in [5.74, 6) is 0.454. The number of H-pyrrole nitrogens is 1. The number of aromatic nitrogens is 2. The number of hydrogen-bond acceptors (Lipinski definition) is 5. The zero-order valence-electron chi connectivity index (χ0n) is 16.5. The number of nitrogens with zero attached hydrogens (tertiary/aromatic N) is 1. The number of anilines is 1. The van der Waals surface area contributed by atoms with Gasteiger partial charge in [-0.3, -0.25) is 4.79 Å². The van der Waals surface area contributed by atoms with Crippen molar-refractivity contribution in [2.24, 2.45) is 0 Å². The fourth-order valence-corrected chi connectivity index (χ4v) is 3.33. The Morgan fingerprint density at radius 2 is 1.77 bits per heavy atom. The first kappa shape index (κ1) is 20.9. The van der Waals surface area contributed by atoms with Crippen molar-refractivity contribution in [2.45, 2.75) is 0 Å². The highest BCUT2D eigenvalue weighted by atomic mass is 127. The summed E-state index contributed by atoms with van der Waals surface area (Å²) < 4.78 is 11.4. The minimum Gasteiger partial charge on any atom is -0.497 e. The lowest BCUT2D eigenvalue weighted by molar-refractivity contribution is -0.119. The third kappa shape index (κ3) is 5.02. The largest absolute Gasteiger partial charge is 0.497 e. The molecule has 7 nitrogen and oxygen atoms in total. The van der Waals surface area contributed by atoms with E-state index < -0.39 is 11.9 Å². The van der Waals surface area contributed by atoms with Gasteiger partial charge in [-0.05, 0) is 89.3 Å². The number of hydrogen-bond donors (Lipinski definition) is 2. The SMILES string of the molecule is COc1ccc(-c2nc3ccc(C(=O)OCC(=O)Nc4ccc(I)cc4)cc3[nH]2)cc1. The molecule has 1 amide bonds. The molecule has 4 aromatic rings. The van der Waals surface area contributed by atoms with Gasteiger partial charge in [-0.15, -0.1) is 0 Å². The summed E-state index contributed by atoms with van der Waals surface area (Å²) in [5, 5.41) is 2.69. The van der Waals surface area contributed by atoms with Gasteiger partial charge in [-0.1, -0.05) is 0 Å². The topological polar surface area (TPSA) is 93.3 Å². The molecule has 1 heterocycles. The Hall–Kier alpha value is -3.40. The van der Waals surface area contributed by atoms with Crippen LogP contribution in [-0.4, -0.2) is 35.6 Å². The highest BCUT2D eigenvalue weighted by molar-refractivity contribution is 14.1. The number of imidazole rings is 1. The van der Waals surface area contributed by atoms with E-state index in [0.29, 0.717) is 22.6 Å². The quantitative estimate of drug-likeness (QED) is 0.282. The molecule has 4 rings (SSSR count). The number of benzene rings is 3. The van der Waals surface area contributed by atoms with Gasteiger partial charge >= 0.3 is 5.97 Å². The molecule has 156 valence electrons. The predicted octanol–water partition coefficient (Wildman–Crippen LogP) is 4.64. The van der Waals surface area contributed by atoms with Crippen LogP contribution in [0.2, 0.25) is 0 Å². The van der Waals surface area contributed by atoms with Gasteiger partial charge in [0.15, 0.2) is 6.61 Å². The number of carbonyl (C=O) groups excluding carboxylic acids is 2. The Balaban J connectivity index is 1.41. The smallest absolute Gasteiger partial charge is 0.338 e. The molecule has 31 heavy (non-hydrogen) atoms. The maximum Gasteiger partial charge on any atom is 0.338 e. The molecule has 1 aromatic heterocycles. The first-order valence-corrected chi connectivity index (χ1v) is 10.5. The van der Waals surface area contributed by atoms with Crippen LogP contribution in [0, 0.1) is 3.57 Å². The molecule has 0 fully saturated rings. The van der Waals surface area contributed by atoms with Crippen molar-refractivity contribution in [1.82, 2.24) is 9.97 Å². The molecular formula is C23H18IN3O4. The summed E-state index contributed by atoms with van der Waals surface area (Å²) in [6.07, 6.45) is 0. The van der Waals surface area contributed by atoms with Gasteiger partial charge in [0.05, 0.1) is 23.7 Å². The molecule has 0 spiro atoms. The van der Waals surface area contributed by atoms with Gasteiger partial charge in [-0.2, -0.15) is 0 Å². The second-order valence-corrected chi connectivity index (χ2v) is 7.92. The van der Waals surface area contributed by atoms with E-state index in [4.69, 9.17) is 9.47 Å². The van der Waals surface area contributed by atoms with E-state index in [1.165, 1.54) is 0 Å². The van der Waals surface area contributed by atoms with Crippen LogP contribution in [0.15, 0.2) is 66.7 Å². The van der Waals surface area contributed by atoms with E-state index in [0.717, 1.165) is 20.4 Å². The number of halogens is 1. The molecule has 0 radical (unpaired) electrons. The lowest BCUT2D eigenvalue weighted by atomic mass is 10.2.